The van der Waals surface area contributed by atoms with Crippen molar-refractivity contribution in [2.45, 2.75) is 38.1 Å². The van der Waals surface area contributed by atoms with E-state index in [9.17, 15) is 4.39 Å². The summed E-state index contributed by atoms with van der Waals surface area (Å²) in [6.07, 6.45) is 4.04. The summed E-state index contributed by atoms with van der Waals surface area (Å²) < 4.78 is 14.5. The van der Waals surface area contributed by atoms with E-state index in [4.69, 9.17) is 5.73 Å². The monoisotopic (exact) mass is 285 g/mol. The maximum absolute atomic E-state index is 14.0. The van der Waals surface area contributed by atoms with Gasteiger partial charge in [0.05, 0.1) is 4.47 Å². The summed E-state index contributed by atoms with van der Waals surface area (Å²) >= 11 is 3.22. The highest BCUT2D eigenvalue weighted by atomic mass is 79.9. The number of rotatable bonds is 1. The Labute approximate surface area is 104 Å². The molecule has 1 fully saturated rings. The number of nitrogens with two attached hydrogens (primary N) is 1. The number of benzene rings is 1. The van der Waals surface area contributed by atoms with Gasteiger partial charge in [-0.3, -0.25) is 0 Å². The molecule has 0 saturated heterocycles. The van der Waals surface area contributed by atoms with E-state index in [2.05, 4.69) is 22.9 Å². The van der Waals surface area contributed by atoms with Gasteiger partial charge in [-0.1, -0.05) is 31.9 Å². The summed E-state index contributed by atoms with van der Waals surface area (Å²) in [5.41, 5.74) is 6.56. The fourth-order valence-electron chi connectivity index (χ4n) is 2.72. The average molecular weight is 286 g/mol. The molecule has 0 spiro atoms. The highest BCUT2D eigenvalue weighted by Gasteiger charge is 2.35. The second-order valence-electron chi connectivity index (χ2n) is 4.96. The molecule has 1 aromatic rings. The van der Waals surface area contributed by atoms with Gasteiger partial charge in [-0.25, -0.2) is 4.39 Å². The molecule has 1 aliphatic carbocycles. The van der Waals surface area contributed by atoms with E-state index in [0.29, 0.717) is 16.0 Å². The highest BCUT2D eigenvalue weighted by Crippen LogP contribution is 2.39. The van der Waals surface area contributed by atoms with Crippen LogP contribution in [-0.2, 0) is 5.54 Å². The van der Waals surface area contributed by atoms with Crippen molar-refractivity contribution in [1.82, 2.24) is 0 Å². The minimum atomic E-state index is -0.481. The maximum Gasteiger partial charge on any atom is 0.142 e. The molecule has 3 heteroatoms. The second-order valence-corrected chi connectivity index (χ2v) is 5.81. The van der Waals surface area contributed by atoms with Crippen molar-refractivity contribution in [3.63, 3.8) is 0 Å². The van der Waals surface area contributed by atoms with Crippen LogP contribution >= 0.6 is 15.9 Å². The zero-order valence-electron chi connectivity index (χ0n) is 9.47. The van der Waals surface area contributed by atoms with Crippen molar-refractivity contribution >= 4 is 15.9 Å². The van der Waals surface area contributed by atoms with Crippen molar-refractivity contribution in [3.05, 3.63) is 34.1 Å². The average Bonchev–Trinajstić information content (AvgIpc) is 2.21. The molecule has 88 valence electrons. The molecular formula is C13H17BrFN. The molecule has 1 nitrogen and oxygen atoms in total. The molecule has 2 N–H and O–H groups in total. The van der Waals surface area contributed by atoms with Gasteiger partial charge in [-0.15, -0.1) is 0 Å². The van der Waals surface area contributed by atoms with E-state index in [1.54, 1.807) is 6.07 Å². The Kier molecular flexibility index (Phi) is 3.36. The van der Waals surface area contributed by atoms with Gasteiger partial charge in [0.25, 0.3) is 0 Å². The van der Waals surface area contributed by atoms with Crippen molar-refractivity contribution in [3.8, 4) is 0 Å². The summed E-state index contributed by atoms with van der Waals surface area (Å²) in [5.74, 6) is 0.385. The number of hydrogen-bond acceptors (Lipinski definition) is 1. The lowest BCUT2D eigenvalue weighted by Crippen LogP contribution is -2.41. The molecule has 0 amide bonds. The standard InChI is InChI=1S/C13H17BrFN/c1-9-4-3-7-13(16,8-9)10-5-2-6-11(14)12(10)15/h2,5-6,9H,3-4,7-8,16H2,1H3. The molecule has 16 heavy (non-hydrogen) atoms. The second kappa shape index (κ2) is 4.46. The third-order valence-corrected chi connectivity index (χ3v) is 4.13. The summed E-state index contributed by atoms with van der Waals surface area (Å²) in [4.78, 5) is 0. The van der Waals surface area contributed by atoms with Crippen LogP contribution in [0.15, 0.2) is 22.7 Å². The quantitative estimate of drug-likeness (QED) is 0.831. The van der Waals surface area contributed by atoms with Crippen molar-refractivity contribution in [2.75, 3.05) is 0 Å². The van der Waals surface area contributed by atoms with Crippen LogP contribution < -0.4 is 5.73 Å². The SMILES string of the molecule is CC1CCCC(N)(c2cccc(Br)c2F)C1. The molecule has 0 bridgehead atoms. The van der Waals surface area contributed by atoms with Crippen LogP contribution in [0.25, 0.3) is 0 Å². The summed E-state index contributed by atoms with van der Waals surface area (Å²) in [6, 6.07) is 5.39. The molecule has 0 aromatic heterocycles. The first-order chi connectivity index (χ1) is 7.53. The smallest absolute Gasteiger partial charge is 0.142 e. The third kappa shape index (κ3) is 2.16. The predicted molar refractivity (Wildman–Crippen MR) is 67.6 cm³/mol. The molecule has 0 aliphatic heterocycles. The fraction of sp³-hybridized carbons (Fsp3) is 0.538. The zero-order valence-corrected chi connectivity index (χ0v) is 11.1. The van der Waals surface area contributed by atoms with Gasteiger partial charge in [0.15, 0.2) is 0 Å². The molecule has 0 radical (unpaired) electrons. The van der Waals surface area contributed by atoms with Crippen LogP contribution in [0.5, 0.6) is 0 Å². The van der Waals surface area contributed by atoms with Crippen molar-refractivity contribution < 1.29 is 4.39 Å². The summed E-state index contributed by atoms with van der Waals surface area (Å²) in [6.45, 7) is 2.19. The van der Waals surface area contributed by atoms with Gasteiger partial charge in [0.1, 0.15) is 5.82 Å². The molecule has 1 aliphatic rings. The van der Waals surface area contributed by atoms with Gasteiger partial charge in [0.2, 0.25) is 0 Å². The van der Waals surface area contributed by atoms with E-state index in [1.165, 1.54) is 6.42 Å². The molecule has 2 atom stereocenters. The van der Waals surface area contributed by atoms with Crippen molar-refractivity contribution in [1.29, 1.82) is 0 Å². The first-order valence-corrected chi connectivity index (χ1v) is 6.55. The predicted octanol–water partition coefficient (Wildman–Crippen LogP) is 3.95. The van der Waals surface area contributed by atoms with E-state index in [0.717, 1.165) is 19.3 Å². The normalized spacial score (nSPS) is 30.4. The Hall–Kier alpha value is -0.410. The minimum absolute atomic E-state index is 0.195. The Morgan fingerprint density at radius 3 is 2.94 bits per heavy atom. The minimum Gasteiger partial charge on any atom is -0.321 e. The Morgan fingerprint density at radius 1 is 1.50 bits per heavy atom. The van der Waals surface area contributed by atoms with Crippen LogP contribution in [0.1, 0.15) is 38.2 Å². The lowest BCUT2D eigenvalue weighted by molar-refractivity contribution is 0.233. The number of halogens is 2. The molecule has 0 heterocycles. The Bertz CT molecular complexity index is 394. The van der Waals surface area contributed by atoms with Crippen LogP contribution in [0, 0.1) is 11.7 Å². The van der Waals surface area contributed by atoms with Crippen LogP contribution in [0.3, 0.4) is 0 Å². The lowest BCUT2D eigenvalue weighted by Gasteiger charge is -2.37. The van der Waals surface area contributed by atoms with Crippen LogP contribution in [0.2, 0.25) is 0 Å². The van der Waals surface area contributed by atoms with E-state index < -0.39 is 5.54 Å². The molecule has 2 rings (SSSR count). The number of hydrogen-bond donors (Lipinski definition) is 1. The summed E-state index contributed by atoms with van der Waals surface area (Å²) in [5, 5.41) is 0. The van der Waals surface area contributed by atoms with Crippen LogP contribution in [0.4, 0.5) is 4.39 Å². The molecular weight excluding hydrogens is 269 g/mol. The maximum atomic E-state index is 14.0. The Morgan fingerprint density at radius 2 is 2.25 bits per heavy atom. The summed E-state index contributed by atoms with van der Waals surface area (Å²) in [7, 11) is 0. The van der Waals surface area contributed by atoms with Gasteiger partial charge in [0, 0.05) is 11.1 Å². The topological polar surface area (TPSA) is 26.0 Å². The Balaban J connectivity index is 2.38. The van der Waals surface area contributed by atoms with E-state index in [1.807, 2.05) is 12.1 Å². The fourth-order valence-corrected chi connectivity index (χ4v) is 3.09. The largest absolute Gasteiger partial charge is 0.321 e. The van der Waals surface area contributed by atoms with Gasteiger partial charge < -0.3 is 5.73 Å². The zero-order chi connectivity index (χ0) is 11.8. The van der Waals surface area contributed by atoms with Crippen molar-refractivity contribution in [2.24, 2.45) is 11.7 Å². The van der Waals surface area contributed by atoms with Crippen LogP contribution in [-0.4, -0.2) is 0 Å². The lowest BCUT2D eigenvalue weighted by atomic mass is 9.73. The van der Waals surface area contributed by atoms with Gasteiger partial charge >= 0.3 is 0 Å². The molecule has 2 unspecified atom stereocenters. The third-order valence-electron chi connectivity index (χ3n) is 3.52. The van der Waals surface area contributed by atoms with Gasteiger partial charge in [-0.2, -0.15) is 0 Å². The molecule has 1 saturated carbocycles. The molecule has 1 aromatic carbocycles. The first-order valence-electron chi connectivity index (χ1n) is 5.76. The van der Waals surface area contributed by atoms with E-state index in [-0.39, 0.29) is 5.82 Å². The van der Waals surface area contributed by atoms with Gasteiger partial charge in [-0.05, 0) is 40.8 Å². The van der Waals surface area contributed by atoms with E-state index >= 15 is 0 Å². The first kappa shape index (κ1) is 12.1. The highest BCUT2D eigenvalue weighted by molar-refractivity contribution is 9.10.